The zero-order valence-electron chi connectivity index (χ0n) is 7.60. The van der Waals surface area contributed by atoms with Gasteiger partial charge in [0.05, 0.1) is 4.90 Å². The Morgan fingerprint density at radius 2 is 1.86 bits per heavy atom. The van der Waals surface area contributed by atoms with Crippen LogP contribution >= 0.6 is 0 Å². The maximum atomic E-state index is 11.1. The molecule has 1 atom stereocenters. The average molecular weight is 212 g/mol. The summed E-state index contributed by atoms with van der Waals surface area (Å²) in [4.78, 5) is 0.172. The van der Waals surface area contributed by atoms with Crippen molar-refractivity contribution in [2.75, 3.05) is 0 Å². The molecular weight excluding hydrogens is 200 g/mol. The Kier molecular flexibility index (Phi) is 2.10. The van der Waals surface area contributed by atoms with E-state index >= 15 is 0 Å². The standard InChI is InChI=1S/C9H12N2O2S/c10-8-3-6-1-2-9(14(11,12)13)5-7(6)4-8/h1-2,5,8H,3-4,10H2,(H2,11,12,13)/t8-/m1/s1. The summed E-state index contributed by atoms with van der Waals surface area (Å²) in [6.45, 7) is 0. The van der Waals surface area contributed by atoms with Crippen LogP contribution in [0.5, 0.6) is 0 Å². The molecule has 1 aromatic carbocycles. The Morgan fingerprint density at radius 3 is 2.50 bits per heavy atom. The second kappa shape index (κ2) is 3.05. The van der Waals surface area contributed by atoms with Crippen LogP contribution in [-0.2, 0) is 22.9 Å². The number of rotatable bonds is 1. The molecule has 0 radical (unpaired) electrons. The Hall–Kier alpha value is -0.910. The van der Waals surface area contributed by atoms with Crippen LogP contribution in [0.25, 0.3) is 0 Å². The molecular formula is C9H12N2O2S. The minimum Gasteiger partial charge on any atom is -0.327 e. The van der Waals surface area contributed by atoms with Crippen molar-refractivity contribution in [3.8, 4) is 0 Å². The lowest BCUT2D eigenvalue weighted by Crippen LogP contribution is -2.19. The summed E-state index contributed by atoms with van der Waals surface area (Å²) in [6.07, 6.45) is 1.55. The largest absolute Gasteiger partial charge is 0.327 e. The van der Waals surface area contributed by atoms with Crippen LogP contribution in [0.1, 0.15) is 11.1 Å². The van der Waals surface area contributed by atoms with Crippen LogP contribution < -0.4 is 10.9 Å². The van der Waals surface area contributed by atoms with Gasteiger partial charge < -0.3 is 5.73 Å². The highest BCUT2D eigenvalue weighted by Gasteiger charge is 2.20. The van der Waals surface area contributed by atoms with Gasteiger partial charge in [0.15, 0.2) is 0 Å². The number of fused-ring (bicyclic) bond motifs is 1. The van der Waals surface area contributed by atoms with Crippen molar-refractivity contribution in [3.05, 3.63) is 29.3 Å². The fraction of sp³-hybridized carbons (Fsp3) is 0.333. The van der Waals surface area contributed by atoms with E-state index < -0.39 is 10.0 Å². The molecule has 0 fully saturated rings. The molecule has 0 saturated carbocycles. The van der Waals surface area contributed by atoms with Gasteiger partial charge in [-0.25, -0.2) is 13.6 Å². The number of benzene rings is 1. The van der Waals surface area contributed by atoms with Crippen molar-refractivity contribution in [2.24, 2.45) is 10.9 Å². The Bertz CT molecular complexity index is 468. The van der Waals surface area contributed by atoms with Gasteiger partial charge in [-0.05, 0) is 36.1 Å². The van der Waals surface area contributed by atoms with E-state index in [1.54, 1.807) is 12.1 Å². The van der Waals surface area contributed by atoms with Gasteiger partial charge in [0, 0.05) is 6.04 Å². The first-order chi connectivity index (χ1) is 6.47. The molecule has 1 aromatic rings. The SMILES string of the molecule is N[C@@H]1Cc2ccc(S(N)(=O)=O)cc2C1. The lowest BCUT2D eigenvalue weighted by molar-refractivity contribution is 0.597. The normalized spacial score (nSPS) is 20.9. The highest BCUT2D eigenvalue weighted by molar-refractivity contribution is 7.89. The molecule has 0 heterocycles. The van der Waals surface area contributed by atoms with Crippen LogP contribution in [0.4, 0.5) is 0 Å². The third-order valence-corrected chi connectivity index (χ3v) is 3.38. The molecule has 1 aliphatic rings. The predicted molar refractivity (Wildman–Crippen MR) is 53.2 cm³/mol. The zero-order chi connectivity index (χ0) is 10.3. The number of hydrogen-bond donors (Lipinski definition) is 2. The summed E-state index contributed by atoms with van der Waals surface area (Å²) in [7, 11) is -3.58. The number of hydrogen-bond acceptors (Lipinski definition) is 3. The second-order valence-electron chi connectivity index (χ2n) is 3.64. The number of primary sulfonamides is 1. The van der Waals surface area contributed by atoms with Crippen molar-refractivity contribution >= 4 is 10.0 Å². The molecule has 0 unspecified atom stereocenters. The Labute approximate surface area is 83.0 Å². The van der Waals surface area contributed by atoms with Crippen LogP contribution in [0.15, 0.2) is 23.1 Å². The van der Waals surface area contributed by atoms with E-state index in [2.05, 4.69) is 0 Å². The molecule has 0 saturated heterocycles. The van der Waals surface area contributed by atoms with E-state index in [0.29, 0.717) is 0 Å². The van der Waals surface area contributed by atoms with Crippen molar-refractivity contribution in [1.29, 1.82) is 0 Å². The molecule has 1 aliphatic carbocycles. The van der Waals surface area contributed by atoms with E-state index in [9.17, 15) is 8.42 Å². The molecule has 5 heteroatoms. The van der Waals surface area contributed by atoms with E-state index in [1.165, 1.54) is 6.07 Å². The summed E-state index contributed by atoms with van der Waals surface area (Å²) < 4.78 is 22.1. The molecule has 0 bridgehead atoms. The lowest BCUT2D eigenvalue weighted by Gasteiger charge is -2.01. The summed E-state index contributed by atoms with van der Waals surface area (Å²) in [5.41, 5.74) is 7.90. The van der Waals surface area contributed by atoms with Gasteiger partial charge in [-0.2, -0.15) is 0 Å². The van der Waals surface area contributed by atoms with Crippen molar-refractivity contribution < 1.29 is 8.42 Å². The maximum Gasteiger partial charge on any atom is 0.238 e. The first-order valence-corrected chi connectivity index (χ1v) is 5.91. The van der Waals surface area contributed by atoms with Gasteiger partial charge in [0.1, 0.15) is 0 Å². The number of nitrogens with two attached hydrogens (primary N) is 2. The van der Waals surface area contributed by atoms with Gasteiger partial charge in [-0.15, -0.1) is 0 Å². The quantitative estimate of drug-likeness (QED) is 0.673. The lowest BCUT2D eigenvalue weighted by atomic mass is 10.1. The third-order valence-electron chi connectivity index (χ3n) is 2.47. The first-order valence-electron chi connectivity index (χ1n) is 4.37. The fourth-order valence-electron chi connectivity index (χ4n) is 1.81. The topological polar surface area (TPSA) is 86.2 Å². The molecule has 0 aliphatic heterocycles. The highest BCUT2D eigenvalue weighted by Crippen LogP contribution is 2.23. The molecule has 0 aromatic heterocycles. The molecule has 4 N–H and O–H groups in total. The van der Waals surface area contributed by atoms with E-state index in [4.69, 9.17) is 10.9 Å². The van der Waals surface area contributed by atoms with E-state index in [1.807, 2.05) is 0 Å². The van der Waals surface area contributed by atoms with Crippen molar-refractivity contribution in [3.63, 3.8) is 0 Å². The van der Waals surface area contributed by atoms with Crippen LogP contribution in [-0.4, -0.2) is 14.5 Å². The average Bonchev–Trinajstić information content (AvgIpc) is 2.41. The van der Waals surface area contributed by atoms with Gasteiger partial charge in [-0.1, -0.05) is 6.07 Å². The highest BCUT2D eigenvalue weighted by atomic mass is 32.2. The smallest absolute Gasteiger partial charge is 0.238 e. The van der Waals surface area contributed by atoms with Crippen molar-refractivity contribution in [2.45, 2.75) is 23.8 Å². The zero-order valence-corrected chi connectivity index (χ0v) is 8.42. The maximum absolute atomic E-state index is 11.1. The Balaban J connectivity index is 2.48. The van der Waals surface area contributed by atoms with Gasteiger partial charge in [0.25, 0.3) is 0 Å². The van der Waals surface area contributed by atoms with Gasteiger partial charge >= 0.3 is 0 Å². The summed E-state index contributed by atoms with van der Waals surface area (Å²) in [5.74, 6) is 0. The van der Waals surface area contributed by atoms with Gasteiger partial charge in [0.2, 0.25) is 10.0 Å². The minimum absolute atomic E-state index is 0.112. The first kappa shape index (κ1) is 9.64. The van der Waals surface area contributed by atoms with Crippen LogP contribution in [0.2, 0.25) is 0 Å². The summed E-state index contributed by atoms with van der Waals surface area (Å²) in [5, 5.41) is 5.03. The molecule has 0 amide bonds. The predicted octanol–water partition coefficient (Wildman–Crippen LogP) is -0.240. The fourth-order valence-corrected chi connectivity index (χ4v) is 2.37. The molecule has 0 spiro atoms. The molecule has 76 valence electrons. The van der Waals surface area contributed by atoms with Gasteiger partial charge in [-0.3, -0.25) is 0 Å². The van der Waals surface area contributed by atoms with E-state index in [-0.39, 0.29) is 10.9 Å². The molecule has 4 nitrogen and oxygen atoms in total. The Morgan fingerprint density at radius 1 is 1.21 bits per heavy atom. The van der Waals surface area contributed by atoms with Crippen LogP contribution in [0.3, 0.4) is 0 Å². The summed E-state index contributed by atoms with van der Waals surface area (Å²) in [6, 6.07) is 5.06. The van der Waals surface area contributed by atoms with Crippen LogP contribution in [0, 0.1) is 0 Å². The summed E-state index contributed by atoms with van der Waals surface area (Å²) >= 11 is 0. The van der Waals surface area contributed by atoms with E-state index in [0.717, 1.165) is 24.0 Å². The monoisotopic (exact) mass is 212 g/mol. The molecule has 14 heavy (non-hydrogen) atoms. The number of sulfonamides is 1. The second-order valence-corrected chi connectivity index (χ2v) is 5.21. The minimum atomic E-state index is -3.58. The molecule has 2 rings (SSSR count). The third kappa shape index (κ3) is 1.66. The van der Waals surface area contributed by atoms with Crippen molar-refractivity contribution in [1.82, 2.24) is 0 Å².